The third-order valence-electron chi connectivity index (χ3n) is 5.09. The summed E-state index contributed by atoms with van der Waals surface area (Å²) in [7, 11) is 3.67. The summed E-state index contributed by atoms with van der Waals surface area (Å²) in [5, 5.41) is 0. The van der Waals surface area contributed by atoms with Crippen molar-refractivity contribution in [2.24, 2.45) is 0 Å². The standard InChI is InChI=1S/C16H25N3O2/c1-17(2)15(20)13-19-10-7-16(19)5-8-18(9-6-16)12-14-4-3-11-21-14/h3-4,11H,5-10,12-13H2,1-2H3. The number of rotatable bonds is 4. The minimum absolute atomic E-state index is 0.215. The van der Waals surface area contributed by atoms with Crippen LogP contribution in [0.4, 0.5) is 0 Å². The summed E-state index contributed by atoms with van der Waals surface area (Å²) < 4.78 is 5.43. The van der Waals surface area contributed by atoms with Crippen molar-refractivity contribution in [3.63, 3.8) is 0 Å². The average Bonchev–Trinajstić information content (AvgIpc) is 2.97. The highest BCUT2D eigenvalue weighted by molar-refractivity contribution is 5.77. The summed E-state index contributed by atoms with van der Waals surface area (Å²) >= 11 is 0. The van der Waals surface area contributed by atoms with Gasteiger partial charge in [0.25, 0.3) is 0 Å². The number of likely N-dealkylation sites (tertiary alicyclic amines) is 2. The van der Waals surface area contributed by atoms with Crippen LogP contribution in [0.3, 0.4) is 0 Å². The average molecular weight is 291 g/mol. The molecule has 0 N–H and O–H groups in total. The fourth-order valence-electron chi connectivity index (χ4n) is 3.45. The minimum atomic E-state index is 0.215. The summed E-state index contributed by atoms with van der Waals surface area (Å²) in [6, 6.07) is 3.98. The van der Waals surface area contributed by atoms with Gasteiger partial charge in [-0.25, -0.2) is 0 Å². The highest BCUT2D eigenvalue weighted by atomic mass is 16.3. The molecule has 3 heterocycles. The summed E-state index contributed by atoms with van der Waals surface area (Å²) in [4.78, 5) is 18.4. The highest BCUT2D eigenvalue weighted by Crippen LogP contribution is 2.39. The first-order valence-corrected chi connectivity index (χ1v) is 7.79. The second kappa shape index (κ2) is 5.81. The molecule has 2 aliphatic rings. The van der Waals surface area contributed by atoms with Gasteiger partial charge in [-0.2, -0.15) is 0 Å². The molecule has 2 saturated heterocycles. The smallest absolute Gasteiger partial charge is 0.236 e. The molecule has 21 heavy (non-hydrogen) atoms. The van der Waals surface area contributed by atoms with Gasteiger partial charge in [-0.15, -0.1) is 0 Å². The van der Waals surface area contributed by atoms with Gasteiger partial charge in [0.1, 0.15) is 5.76 Å². The van der Waals surface area contributed by atoms with E-state index in [2.05, 4.69) is 9.80 Å². The highest BCUT2D eigenvalue weighted by Gasteiger charge is 2.46. The van der Waals surface area contributed by atoms with Crippen molar-refractivity contribution in [1.29, 1.82) is 0 Å². The largest absolute Gasteiger partial charge is 0.468 e. The van der Waals surface area contributed by atoms with E-state index < -0.39 is 0 Å². The SMILES string of the molecule is CN(C)C(=O)CN1CCC12CCN(Cc1ccco1)CC2. The molecule has 0 aromatic carbocycles. The summed E-state index contributed by atoms with van der Waals surface area (Å²) in [6.07, 6.45) is 5.30. The Morgan fingerprint density at radius 1 is 1.29 bits per heavy atom. The van der Waals surface area contributed by atoms with Gasteiger partial charge >= 0.3 is 0 Å². The first-order chi connectivity index (χ1) is 10.1. The Kier molecular flexibility index (Phi) is 4.04. The number of carbonyl (C=O) groups is 1. The van der Waals surface area contributed by atoms with E-state index in [1.807, 2.05) is 26.2 Å². The number of likely N-dealkylation sites (N-methyl/N-ethyl adjacent to an activating group) is 1. The molecule has 0 atom stereocenters. The topological polar surface area (TPSA) is 39.9 Å². The zero-order valence-electron chi connectivity index (χ0n) is 13.0. The van der Waals surface area contributed by atoms with Crippen LogP contribution in [0.5, 0.6) is 0 Å². The van der Waals surface area contributed by atoms with Crippen molar-refractivity contribution < 1.29 is 9.21 Å². The number of hydrogen-bond acceptors (Lipinski definition) is 4. The Balaban J connectivity index is 1.51. The number of amides is 1. The van der Waals surface area contributed by atoms with Crippen LogP contribution in [0.15, 0.2) is 22.8 Å². The van der Waals surface area contributed by atoms with E-state index in [9.17, 15) is 4.79 Å². The van der Waals surface area contributed by atoms with Crippen LogP contribution in [0.25, 0.3) is 0 Å². The number of nitrogens with zero attached hydrogens (tertiary/aromatic N) is 3. The fraction of sp³-hybridized carbons (Fsp3) is 0.688. The summed E-state index contributed by atoms with van der Waals surface area (Å²) in [5.74, 6) is 1.26. The summed E-state index contributed by atoms with van der Waals surface area (Å²) in [6.45, 7) is 4.73. The van der Waals surface area contributed by atoms with Crippen molar-refractivity contribution >= 4 is 5.91 Å². The molecule has 1 aromatic rings. The van der Waals surface area contributed by atoms with Crippen molar-refractivity contribution in [3.8, 4) is 0 Å². The quantitative estimate of drug-likeness (QED) is 0.841. The van der Waals surface area contributed by atoms with Crippen LogP contribution >= 0.6 is 0 Å². The molecule has 1 amide bonds. The van der Waals surface area contributed by atoms with Gasteiger partial charge in [-0.1, -0.05) is 0 Å². The third-order valence-corrected chi connectivity index (χ3v) is 5.09. The summed E-state index contributed by atoms with van der Waals surface area (Å²) in [5.41, 5.74) is 0.283. The predicted octanol–water partition coefficient (Wildman–Crippen LogP) is 1.41. The molecule has 0 saturated carbocycles. The lowest BCUT2D eigenvalue weighted by Crippen LogP contribution is -2.65. The Labute approximate surface area is 126 Å². The maximum Gasteiger partial charge on any atom is 0.236 e. The monoisotopic (exact) mass is 291 g/mol. The van der Waals surface area contributed by atoms with Crippen molar-refractivity contribution in [2.45, 2.75) is 31.3 Å². The van der Waals surface area contributed by atoms with Crippen LogP contribution in [-0.4, -0.2) is 66.4 Å². The maximum absolute atomic E-state index is 11.9. The molecule has 0 unspecified atom stereocenters. The van der Waals surface area contributed by atoms with Crippen LogP contribution < -0.4 is 0 Å². The second-order valence-electron chi connectivity index (χ2n) is 6.54. The number of piperidine rings is 1. The van der Waals surface area contributed by atoms with E-state index in [0.29, 0.717) is 6.54 Å². The van der Waals surface area contributed by atoms with Crippen molar-refractivity contribution in [1.82, 2.24) is 14.7 Å². The molecule has 5 nitrogen and oxygen atoms in total. The van der Waals surface area contributed by atoms with Gasteiger partial charge in [0.2, 0.25) is 5.91 Å². The van der Waals surface area contributed by atoms with E-state index >= 15 is 0 Å². The molecule has 116 valence electrons. The van der Waals surface area contributed by atoms with Gasteiger partial charge in [0, 0.05) is 39.3 Å². The molecule has 5 heteroatoms. The zero-order valence-corrected chi connectivity index (χ0v) is 13.0. The first kappa shape index (κ1) is 14.6. The van der Waals surface area contributed by atoms with Crippen LogP contribution in [0.1, 0.15) is 25.0 Å². The molecule has 0 aliphatic carbocycles. The van der Waals surface area contributed by atoms with E-state index in [4.69, 9.17) is 4.42 Å². The third kappa shape index (κ3) is 2.99. The van der Waals surface area contributed by atoms with Crippen LogP contribution in [0.2, 0.25) is 0 Å². The second-order valence-corrected chi connectivity index (χ2v) is 6.54. The molecule has 3 rings (SSSR count). The number of furan rings is 1. The van der Waals surface area contributed by atoms with Gasteiger partial charge in [0.05, 0.1) is 19.4 Å². The Hall–Kier alpha value is -1.33. The Morgan fingerprint density at radius 3 is 2.52 bits per heavy atom. The van der Waals surface area contributed by atoms with Crippen LogP contribution in [0, 0.1) is 0 Å². The molecule has 0 bridgehead atoms. The van der Waals surface area contributed by atoms with Gasteiger partial charge in [-0.3, -0.25) is 14.6 Å². The van der Waals surface area contributed by atoms with Gasteiger partial charge in [-0.05, 0) is 31.4 Å². The van der Waals surface area contributed by atoms with Crippen molar-refractivity contribution in [3.05, 3.63) is 24.2 Å². The molecule has 1 aromatic heterocycles. The minimum Gasteiger partial charge on any atom is -0.468 e. The number of hydrogen-bond donors (Lipinski definition) is 0. The Morgan fingerprint density at radius 2 is 2.00 bits per heavy atom. The van der Waals surface area contributed by atoms with Gasteiger partial charge < -0.3 is 9.32 Å². The van der Waals surface area contributed by atoms with E-state index in [1.54, 1.807) is 11.2 Å². The molecule has 1 spiro atoms. The Bertz CT molecular complexity index is 476. The maximum atomic E-state index is 11.9. The molecule has 0 radical (unpaired) electrons. The van der Waals surface area contributed by atoms with E-state index in [0.717, 1.165) is 44.8 Å². The predicted molar refractivity (Wildman–Crippen MR) is 80.8 cm³/mol. The lowest BCUT2D eigenvalue weighted by Gasteiger charge is -2.56. The zero-order chi connectivity index (χ0) is 14.9. The number of carbonyl (C=O) groups excluding carboxylic acids is 1. The molecular weight excluding hydrogens is 266 g/mol. The van der Waals surface area contributed by atoms with Crippen LogP contribution in [-0.2, 0) is 11.3 Å². The first-order valence-electron chi connectivity index (χ1n) is 7.79. The normalized spacial score (nSPS) is 22.2. The molecular formula is C16H25N3O2. The lowest BCUT2D eigenvalue weighted by molar-refractivity contribution is -0.137. The van der Waals surface area contributed by atoms with Crippen molar-refractivity contribution in [2.75, 3.05) is 40.3 Å². The lowest BCUT2D eigenvalue weighted by atomic mass is 9.76. The van der Waals surface area contributed by atoms with E-state index in [1.165, 1.54) is 6.42 Å². The molecule has 2 aliphatic heterocycles. The molecule has 2 fully saturated rings. The van der Waals surface area contributed by atoms with E-state index in [-0.39, 0.29) is 11.4 Å². The van der Waals surface area contributed by atoms with Gasteiger partial charge in [0.15, 0.2) is 0 Å². The fourth-order valence-corrected chi connectivity index (χ4v) is 3.45.